The average molecular weight is 228 g/mol. The van der Waals surface area contributed by atoms with Crippen molar-refractivity contribution >= 4 is 29.1 Å². The van der Waals surface area contributed by atoms with E-state index in [-0.39, 0.29) is 5.91 Å². The molecule has 0 radical (unpaired) electrons. The van der Waals surface area contributed by atoms with Crippen LogP contribution in [-0.4, -0.2) is 47.5 Å². The van der Waals surface area contributed by atoms with Gasteiger partial charge in [0.25, 0.3) is 0 Å². The lowest BCUT2D eigenvalue weighted by atomic mass is 10.5. The first-order valence-corrected chi connectivity index (χ1v) is 5.17. The van der Waals surface area contributed by atoms with Gasteiger partial charge in [0.1, 0.15) is 0 Å². The number of amides is 1. The number of hydrogen-bond acceptors (Lipinski definition) is 1. The van der Waals surface area contributed by atoms with Crippen LogP contribution in [0.2, 0.25) is 0 Å². The monoisotopic (exact) mass is 227 g/mol. The van der Waals surface area contributed by atoms with Crippen LogP contribution in [0.1, 0.15) is 13.8 Å². The van der Waals surface area contributed by atoms with E-state index >= 15 is 0 Å². The minimum absolute atomic E-state index is 0.255. The zero-order valence-electron chi connectivity index (χ0n) is 8.55. The van der Waals surface area contributed by atoms with Gasteiger partial charge in [-0.2, -0.15) is 5.01 Å². The molecular weight excluding hydrogens is 211 g/mol. The van der Waals surface area contributed by atoms with Gasteiger partial charge in [0.15, 0.2) is 4.84 Å². The Balaban J connectivity index is 4.55. The normalized spacial score (nSPS) is 11.9. The highest BCUT2D eigenvalue weighted by Crippen LogP contribution is 2.12. The van der Waals surface area contributed by atoms with Crippen LogP contribution in [0.4, 0.5) is 0 Å². The molecule has 0 N–H and O–H groups in total. The zero-order chi connectivity index (χ0) is 10.6. The molecule has 0 aliphatic rings. The van der Waals surface area contributed by atoms with Gasteiger partial charge in [0.05, 0.1) is 27.2 Å². The lowest BCUT2D eigenvalue weighted by Gasteiger charge is -2.39. The maximum Gasteiger partial charge on any atom is 0.300 e. The number of carbonyl (C=O) groups excluding carboxylic acids is 1. The van der Waals surface area contributed by atoms with E-state index < -0.39 is 4.84 Å². The highest BCUT2D eigenvalue weighted by molar-refractivity contribution is 6.53. The van der Waals surface area contributed by atoms with Crippen molar-refractivity contribution in [2.45, 2.75) is 18.7 Å². The lowest BCUT2D eigenvalue weighted by Crippen LogP contribution is -2.58. The maximum atomic E-state index is 11.5. The first kappa shape index (κ1) is 13.0. The Morgan fingerprint density at radius 1 is 1.38 bits per heavy atom. The molecule has 0 fully saturated rings. The molecule has 0 rings (SSSR count). The quantitative estimate of drug-likeness (QED) is 0.407. The average Bonchev–Trinajstić information content (AvgIpc) is 2.14. The van der Waals surface area contributed by atoms with Crippen molar-refractivity contribution in [3.05, 3.63) is 0 Å². The van der Waals surface area contributed by atoms with Gasteiger partial charge in [-0.05, 0) is 13.8 Å². The summed E-state index contributed by atoms with van der Waals surface area (Å²) < 4.78 is 0.523. The molecule has 0 saturated heterocycles. The molecule has 0 aliphatic carbocycles. The Hall–Kier alpha value is 0.01000. The summed E-state index contributed by atoms with van der Waals surface area (Å²) in [6, 6.07) is 0. The predicted octanol–water partition coefficient (Wildman–Crippen LogP) is 1.65. The molecule has 1 amide bonds. The topological polar surface area (TPSA) is 20.3 Å². The molecule has 0 atom stereocenters. The van der Waals surface area contributed by atoms with Crippen LogP contribution in [0.15, 0.2) is 0 Å². The van der Waals surface area contributed by atoms with E-state index in [1.807, 2.05) is 20.9 Å². The molecule has 0 spiro atoms. The fourth-order valence-corrected chi connectivity index (χ4v) is 1.31. The van der Waals surface area contributed by atoms with Crippen molar-refractivity contribution in [1.82, 2.24) is 5.01 Å². The second-order valence-corrected chi connectivity index (χ2v) is 4.23. The van der Waals surface area contributed by atoms with Crippen LogP contribution in [0.5, 0.6) is 0 Å². The molecular formula is C8H17Cl2N2O+. The van der Waals surface area contributed by atoms with Crippen LogP contribution in [0.3, 0.4) is 0 Å². The minimum Gasteiger partial charge on any atom is -0.267 e. The number of rotatable bonds is 4. The van der Waals surface area contributed by atoms with E-state index in [1.165, 1.54) is 0 Å². The van der Waals surface area contributed by atoms with E-state index in [1.54, 1.807) is 12.1 Å². The lowest BCUT2D eigenvalue weighted by molar-refractivity contribution is -1.00. The van der Waals surface area contributed by atoms with Gasteiger partial charge < -0.3 is 0 Å². The fourth-order valence-electron chi connectivity index (χ4n) is 1.03. The molecule has 0 bridgehead atoms. The van der Waals surface area contributed by atoms with Crippen LogP contribution in [0.25, 0.3) is 0 Å². The molecule has 0 aromatic heterocycles. The molecule has 3 nitrogen and oxygen atoms in total. The molecule has 0 unspecified atom stereocenters. The Kier molecular flexibility index (Phi) is 5.04. The first-order chi connectivity index (χ1) is 5.89. The highest BCUT2D eigenvalue weighted by Gasteiger charge is 2.31. The molecule has 13 heavy (non-hydrogen) atoms. The minimum atomic E-state index is -0.972. The molecule has 0 saturated carbocycles. The summed E-state index contributed by atoms with van der Waals surface area (Å²) in [4.78, 5) is 10.5. The number of nitrogens with zero attached hydrogens (tertiary/aromatic N) is 2. The van der Waals surface area contributed by atoms with Gasteiger partial charge in [-0.3, -0.25) is 4.79 Å². The number of hydrogen-bond donors (Lipinski definition) is 0. The van der Waals surface area contributed by atoms with Crippen molar-refractivity contribution in [2.75, 3.05) is 27.2 Å². The van der Waals surface area contributed by atoms with Gasteiger partial charge in [0, 0.05) is 0 Å². The van der Waals surface area contributed by atoms with Gasteiger partial charge >= 0.3 is 5.91 Å². The van der Waals surface area contributed by atoms with E-state index in [4.69, 9.17) is 23.2 Å². The summed E-state index contributed by atoms with van der Waals surface area (Å²) in [5.74, 6) is -0.255. The molecule has 0 aromatic rings. The Morgan fingerprint density at radius 3 is 2.00 bits per heavy atom. The first-order valence-electron chi connectivity index (χ1n) is 4.29. The van der Waals surface area contributed by atoms with Gasteiger partial charge in [-0.15, -0.1) is 0 Å². The Labute approximate surface area is 89.8 Å². The number of halogens is 2. The second-order valence-electron chi connectivity index (χ2n) is 3.13. The molecule has 0 aromatic carbocycles. The van der Waals surface area contributed by atoms with Crippen molar-refractivity contribution in [3.8, 4) is 0 Å². The van der Waals surface area contributed by atoms with Crippen LogP contribution < -0.4 is 0 Å². The molecule has 0 heterocycles. The highest BCUT2D eigenvalue weighted by atomic mass is 35.5. The third kappa shape index (κ3) is 3.01. The van der Waals surface area contributed by atoms with Crippen molar-refractivity contribution in [2.24, 2.45) is 0 Å². The van der Waals surface area contributed by atoms with E-state index in [0.29, 0.717) is 4.59 Å². The third-order valence-corrected chi connectivity index (χ3v) is 2.97. The van der Waals surface area contributed by atoms with Gasteiger partial charge in [-0.1, -0.05) is 23.2 Å². The smallest absolute Gasteiger partial charge is 0.267 e. The third-order valence-electron chi connectivity index (χ3n) is 2.59. The number of quaternary nitrogens is 1. The van der Waals surface area contributed by atoms with Crippen LogP contribution in [0, 0.1) is 0 Å². The summed E-state index contributed by atoms with van der Waals surface area (Å²) in [7, 11) is 3.68. The van der Waals surface area contributed by atoms with Crippen molar-refractivity contribution < 1.29 is 9.39 Å². The summed E-state index contributed by atoms with van der Waals surface area (Å²) in [5.41, 5.74) is 0. The van der Waals surface area contributed by atoms with E-state index in [0.717, 1.165) is 13.1 Å². The number of alkyl halides is 2. The standard InChI is InChI=1S/C8H17Cl2N2O/c1-5-12(4,6-2)11(3)8(13)7(9)10/h7H,5-6H2,1-4H3/q+1. The van der Waals surface area contributed by atoms with E-state index in [9.17, 15) is 4.79 Å². The van der Waals surface area contributed by atoms with Crippen LogP contribution >= 0.6 is 23.2 Å². The molecule has 78 valence electrons. The summed E-state index contributed by atoms with van der Waals surface area (Å²) in [6.45, 7) is 5.70. The van der Waals surface area contributed by atoms with Crippen molar-refractivity contribution in [3.63, 3.8) is 0 Å². The molecule has 0 aliphatic heterocycles. The van der Waals surface area contributed by atoms with Crippen LogP contribution in [-0.2, 0) is 4.79 Å². The SMILES string of the molecule is CC[N+](C)(CC)N(C)C(=O)C(Cl)Cl. The second kappa shape index (κ2) is 5.03. The fraction of sp³-hybridized carbons (Fsp3) is 0.875. The number of carbonyl (C=O) groups is 1. The van der Waals surface area contributed by atoms with Crippen molar-refractivity contribution in [1.29, 1.82) is 0 Å². The zero-order valence-corrected chi connectivity index (χ0v) is 10.1. The Morgan fingerprint density at radius 2 is 1.77 bits per heavy atom. The summed E-state index contributed by atoms with van der Waals surface area (Å²) in [6.07, 6.45) is 0. The predicted molar refractivity (Wildman–Crippen MR) is 55.5 cm³/mol. The van der Waals surface area contributed by atoms with E-state index in [2.05, 4.69) is 0 Å². The van der Waals surface area contributed by atoms with Gasteiger partial charge in [-0.25, -0.2) is 4.59 Å². The summed E-state index contributed by atoms with van der Waals surface area (Å²) in [5, 5.41) is 1.57. The Bertz CT molecular complexity index is 181. The summed E-state index contributed by atoms with van der Waals surface area (Å²) >= 11 is 11.0. The van der Waals surface area contributed by atoms with Gasteiger partial charge in [0.2, 0.25) is 0 Å². The molecule has 5 heteroatoms. The largest absolute Gasteiger partial charge is 0.300 e. The maximum absolute atomic E-state index is 11.5.